The molecule has 1 aliphatic rings. The fourth-order valence-corrected chi connectivity index (χ4v) is 3.41. The third-order valence-electron chi connectivity index (χ3n) is 4.57. The largest absolute Gasteiger partial charge is 0.453 e. The molecule has 2 aromatic heterocycles. The van der Waals surface area contributed by atoms with E-state index in [9.17, 15) is 18.0 Å². The van der Waals surface area contributed by atoms with Gasteiger partial charge < -0.3 is 15.0 Å². The predicted molar refractivity (Wildman–Crippen MR) is 99.7 cm³/mol. The zero-order valence-corrected chi connectivity index (χ0v) is 17.0. The fraction of sp³-hybridized carbons (Fsp3) is 0.667. The Morgan fingerprint density at radius 2 is 1.97 bits per heavy atom. The maximum atomic E-state index is 13.0. The van der Waals surface area contributed by atoms with E-state index >= 15 is 0 Å². The molecular weight excluding hydrogens is 389 g/mol. The van der Waals surface area contributed by atoms with E-state index in [4.69, 9.17) is 4.74 Å². The van der Waals surface area contributed by atoms with Crippen LogP contribution in [0.25, 0.3) is 5.78 Å². The molecule has 8 nitrogen and oxygen atoms in total. The first kappa shape index (κ1) is 21.1. The number of halogens is 3. The number of amides is 1. The van der Waals surface area contributed by atoms with E-state index in [1.165, 1.54) is 0 Å². The Hall–Kier alpha value is -2.59. The number of aryl methyl sites for hydroxylation is 1. The molecule has 0 spiro atoms. The summed E-state index contributed by atoms with van der Waals surface area (Å²) in [7, 11) is 0. The Morgan fingerprint density at radius 3 is 2.55 bits per heavy atom. The van der Waals surface area contributed by atoms with Gasteiger partial charge >= 0.3 is 12.3 Å². The molecule has 11 heteroatoms. The van der Waals surface area contributed by atoms with Gasteiger partial charge in [-0.05, 0) is 47.5 Å². The van der Waals surface area contributed by atoms with Crippen molar-refractivity contribution in [3.63, 3.8) is 0 Å². The van der Waals surface area contributed by atoms with Crippen LogP contribution in [-0.4, -0.2) is 49.9 Å². The summed E-state index contributed by atoms with van der Waals surface area (Å²) in [5, 5.41) is 6.50. The zero-order valence-electron chi connectivity index (χ0n) is 17.0. The van der Waals surface area contributed by atoms with Crippen LogP contribution in [0.1, 0.15) is 52.1 Å². The molecule has 3 heterocycles. The average Bonchev–Trinajstić information content (AvgIpc) is 2.96. The number of ether oxygens (including phenoxy) is 1. The summed E-state index contributed by atoms with van der Waals surface area (Å²) in [6.45, 7) is 9.56. The van der Waals surface area contributed by atoms with Gasteiger partial charge in [0, 0.05) is 30.4 Å². The molecule has 0 aromatic carbocycles. The van der Waals surface area contributed by atoms with Crippen molar-refractivity contribution < 1.29 is 22.7 Å². The second-order valence-electron chi connectivity index (χ2n) is 8.31. The zero-order chi connectivity index (χ0) is 21.6. The van der Waals surface area contributed by atoms with Gasteiger partial charge in [-0.15, -0.1) is 5.10 Å². The lowest BCUT2D eigenvalue weighted by Gasteiger charge is -2.39. The van der Waals surface area contributed by atoms with E-state index < -0.39 is 23.7 Å². The Balaban J connectivity index is 1.79. The van der Waals surface area contributed by atoms with Gasteiger partial charge in [-0.2, -0.15) is 22.7 Å². The summed E-state index contributed by atoms with van der Waals surface area (Å²) in [4.78, 5) is 21.6. The maximum absolute atomic E-state index is 13.0. The minimum atomic E-state index is -4.64. The quantitative estimate of drug-likeness (QED) is 0.812. The molecule has 0 radical (unpaired) electrons. The third kappa shape index (κ3) is 4.88. The molecule has 1 N–H and O–H groups in total. The molecule has 1 saturated heterocycles. The Labute approximate surface area is 166 Å². The molecule has 2 unspecified atom stereocenters. The number of hydrogen-bond donors (Lipinski definition) is 1. The first-order chi connectivity index (χ1) is 13.3. The van der Waals surface area contributed by atoms with Gasteiger partial charge in [0.05, 0.1) is 0 Å². The van der Waals surface area contributed by atoms with Gasteiger partial charge in [0.25, 0.3) is 11.6 Å². The summed E-state index contributed by atoms with van der Waals surface area (Å²) in [5.41, 5.74) is -0.0327. The van der Waals surface area contributed by atoms with Crippen molar-refractivity contribution in [1.82, 2.24) is 24.9 Å². The molecule has 2 atom stereocenters. The Morgan fingerprint density at radius 1 is 1.28 bits per heavy atom. The number of nitrogens with zero attached hydrogens (tertiary/aromatic N) is 5. The van der Waals surface area contributed by atoms with Gasteiger partial charge in [-0.25, -0.2) is 9.78 Å². The van der Waals surface area contributed by atoms with Crippen LogP contribution < -0.4 is 10.2 Å². The van der Waals surface area contributed by atoms with Crippen LogP contribution in [0.2, 0.25) is 0 Å². The lowest BCUT2D eigenvalue weighted by molar-refractivity contribution is -0.144. The maximum Gasteiger partial charge on any atom is 0.453 e. The first-order valence-corrected chi connectivity index (χ1v) is 9.41. The number of rotatable bonds is 2. The van der Waals surface area contributed by atoms with Gasteiger partial charge in [0.1, 0.15) is 11.4 Å². The predicted octanol–water partition coefficient (Wildman–Crippen LogP) is 3.33. The number of carbonyl (C=O) groups is 1. The number of carbonyl (C=O) groups excluding carboxylic acids is 1. The van der Waals surface area contributed by atoms with E-state index in [1.54, 1.807) is 33.8 Å². The highest BCUT2D eigenvalue weighted by Crippen LogP contribution is 2.30. The van der Waals surface area contributed by atoms with Crippen molar-refractivity contribution in [2.75, 3.05) is 11.4 Å². The monoisotopic (exact) mass is 414 g/mol. The summed E-state index contributed by atoms with van der Waals surface area (Å²) < 4.78 is 45.5. The van der Waals surface area contributed by atoms with Crippen molar-refractivity contribution >= 4 is 17.7 Å². The van der Waals surface area contributed by atoms with Gasteiger partial charge in [-0.1, -0.05) is 0 Å². The topological polar surface area (TPSA) is 84.7 Å². The van der Waals surface area contributed by atoms with Crippen LogP contribution >= 0.6 is 0 Å². The summed E-state index contributed by atoms with van der Waals surface area (Å²) in [6.07, 6.45) is -3.89. The van der Waals surface area contributed by atoms with Gasteiger partial charge in [-0.3, -0.25) is 0 Å². The number of fused-ring (bicyclic) bond motifs is 1. The molecule has 3 rings (SSSR count). The van der Waals surface area contributed by atoms with Crippen LogP contribution in [0.15, 0.2) is 6.07 Å². The fourth-order valence-electron chi connectivity index (χ4n) is 3.41. The van der Waals surface area contributed by atoms with Crippen molar-refractivity contribution in [2.45, 2.75) is 71.3 Å². The molecule has 0 saturated carbocycles. The molecule has 29 heavy (non-hydrogen) atoms. The average molecular weight is 414 g/mol. The number of aromatic nitrogens is 4. The van der Waals surface area contributed by atoms with Gasteiger partial charge in [0.2, 0.25) is 0 Å². The Bertz CT molecular complexity index is 905. The standard InChI is InChI=1S/C18H25F3N6O2/c1-10-8-13(27-15(22-10)24-14(25-27)18(19,20)21)26-7-6-12(9-11(26)2)23-16(28)29-17(3,4)5/h8,11-12H,6-7,9H2,1-5H3,(H,23,28). The molecular formula is C18H25F3N6O2. The number of alkyl halides is 3. The Kier molecular flexibility index (Phi) is 5.35. The molecule has 160 valence electrons. The summed E-state index contributed by atoms with van der Waals surface area (Å²) in [6, 6.07) is 1.56. The van der Waals surface area contributed by atoms with E-state index in [-0.39, 0.29) is 17.9 Å². The van der Waals surface area contributed by atoms with E-state index in [0.717, 1.165) is 4.52 Å². The number of anilines is 1. The van der Waals surface area contributed by atoms with Crippen molar-refractivity contribution in [3.05, 3.63) is 17.6 Å². The van der Waals surface area contributed by atoms with Gasteiger partial charge in [0.15, 0.2) is 0 Å². The smallest absolute Gasteiger partial charge is 0.444 e. The molecule has 1 aliphatic heterocycles. The second-order valence-corrected chi connectivity index (χ2v) is 8.31. The van der Waals surface area contributed by atoms with E-state index in [1.807, 2.05) is 11.8 Å². The summed E-state index contributed by atoms with van der Waals surface area (Å²) >= 11 is 0. The van der Waals surface area contributed by atoms with Crippen LogP contribution in [0.4, 0.5) is 23.8 Å². The molecule has 0 aliphatic carbocycles. The highest BCUT2D eigenvalue weighted by atomic mass is 19.4. The SMILES string of the molecule is Cc1cc(N2CCC(NC(=O)OC(C)(C)C)CC2C)n2nc(C(F)(F)F)nc2n1. The number of nitrogens with one attached hydrogen (secondary N) is 1. The van der Waals surface area contributed by atoms with Crippen molar-refractivity contribution in [3.8, 4) is 0 Å². The number of alkyl carbamates (subject to hydrolysis) is 1. The third-order valence-corrected chi connectivity index (χ3v) is 4.57. The highest BCUT2D eigenvalue weighted by Gasteiger charge is 2.37. The molecule has 0 bridgehead atoms. The van der Waals surface area contributed by atoms with Crippen LogP contribution in [0.5, 0.6) is 0 Å². The van der Waals surface area contributed by atoms with E-state index in [2.05, 4.69) is 20.4 Å². The molecule has 1 amide bonds. The van der Waals surface area contributed by atoms with Crippen molar-refractivity contribution in [2.24, 2.45) is 0 Å². The first-order valence-electron chi connectivity index (χ1n) is 9.41. The highest BCUT2D eigenvalue weighted by molar-refractivity contribution is 5.68. The van der Waals surface area contributed by atoms with Crippen LogP contribution in [0.3, 0.4) is 0 Å². The second kappa shape index (κ2) is 7.34. The van der Waals surface area contributed by atoms with Crippen LogP contribution in [0, 0.1) is 6.92 Å². The minimum absolute atomic E-state index is 0.0489. The number of hydrogen-bond acceptors (Lipinski definition) is 6. The lowest BCUT2D eigenvalue weighted by atomic mass is 9.98. The number of piperidine rings is 1. The molecule has 2 aromatic rings. The minimum Gasteiger partial charge on any atom is -0.444 e. The van der Waals surface area contributed by atoms with E-state index in [0.29, 0.717) is 30.9 Å². The normalized spacial score (nSPS) is 20.8. The lowest BCUT2D eigenvalue weighted by Crippen LogP contribution is -2.50. The van der Waals surface area contributed by atoms with Crippen LogP contribution in [-0.2, 0) is 10.9 Å². The van der Waals surface area contributed by atoms with Crippen molar-refractivity contribution in [1.29, 1.82) is 0 Å². The molecule has 1 fully saturated rings. The summed E-state index contributed by atoms with van der Waals surface area (Å²) in [5.74, 6) is -0.807.